The maximum Gasteiger partial charge on any atom is 0.0547 e. The third-order valence-corrected chi connectivity index (χ3v) is 7.78. The van der Waals surface area contributed by atoms with Gasteiger partial charge in [0.1, 0.15) is 0 Å². The van der Waals surface area contributed by atoms with Crippen LogP contribution in [0.3, 0.4) is 0 Å². The van der Waals surface area contributed by atoms with Crippen molar-refractivity contribution in [2.75, 3.05) is 26.9 Å². The quantitative estimate of drug-likeness (QED) is 0.370. The van der Waals surface area contributed by atoms with Crippen molar-refractivity contribution in [2.45, 2.75) is 93.4 Å². The van der Waals surface area contributed by atoms with Crippen molar-refractivity contribution in [3.63, 3.8) is 0 Å². The molecule has 156 valence electrons. The minimum Gasteiger partial charge on any atom is -0.384 e. The number of hydrogen-bond donors (Lipinski definition) is 0. The molecule has 0 aliphatic heterocycles. The summed E-state index contributed by atoms with van der Waals surface area (Å²) in [7, 11) is 1.88. The second-order valence-electron chi connectivity index (χ2n) is 9.84. The van der Waals surface area contributed by atoms with Gasteiger partial charge in [-0.1, -0.05) is 60.8 Å². The molecule has 0 aromatic carbocycles. The van der Waals surface area contributed by atoms with E-state index in [1.807, 2.05) is 7.11 Å². The van der Waals surface area contributed by atoms with Gasteiger partial charge in [0.15, 0.2) is 0 Å². The zero-order valence-corrected chi connectivity index (χ0v) is 19.2. The summed E-state index contributed by atoms with van der Waals surface area (Å²) in [4.78, 5) is 0. The molecule has 0 amide bonds. The van der Waals surface area contributed by atoms with E-state index in [-0.39, 0.29) is 5.41 Å². The molecule has 1 atom stereocenters. The average Bonchev–Trinajstić information content (AvgIpc) is 2.60. The van der Waals surface area contributed by atoms with Gasteiger partial charge in [0.25, 0.3) is 0 Å². The molecule has 0 saturated heterocycles. The maximum atomic E-state index is 6.07. The van der Waals surface area contributed by atoms with E-state index in [4.69, 9.17) is 9.47 Å². The van der Waals surface area contributed by atoms with Crippen molar-refractivity contribution in [2.24, 2.45) is 34.5 Å². The van der Waals surface area contributed by atoms with Crippen molar-refractivity contribution in [3.05, 3.63) is 0 Å². The first-order valence-corrected chi connectivity index (χ1v) is 11.3. The molecule has 1 fully saturated rings. The third kappa shape index (κ3) is 5.47. The summed E-state index contributed by atoms with van der Waals surface area (Å²) < 4.78 is 11.9. The molecule has 2 heteroatoms. The number of ether oxygens (including phenoxy) is 2. The Morgan fingerprint density at radius 3 is 1.77 bits per heavy atom. The van der Waals surface area contributed by atoms with Crippen LogP contribution in [-0.2, 0) is 9.47 Å². The highest BCUT2D eigenvalue weighted by Crippen LogP contribution is 2.51. The van der Waals surface area contributed by atoms with Crippen LogP contribution in [0.5, 0.6) is 0 Å². The highest BCUT2D eigenvalue weighted by molar-refractivity contribution is 4.94. The van der Waals surface area contributed by atoms with E-state index in [0.29, 0.717) is 23.2 Å². The van der Waals surface area contributed by atoms with Gasteiger partial charge in [-0.2, -0.15) is 0 Å². The SMILES string of the molecule is CCOCC(CCC(C(C)C)(C(C)C)C(C)C)(COC)C1CCCCC1. The molecule has 0 aromatic rings. The first-order valence-electron chi connectivity index (χ1n) is 11.3. The molecule has 0 heterocycles. The van der Waals surface area contributed by atoms with Crippen LogP contribution in [0.25, 0.3) is 0 Å². The molecule has 1 rings (SSSR count). The Labute approximate surface area is 164 Å². The van der Waals surface area contributed by atoms with Gasteiger partial charge in [-0.25, -0.2) is 0 Å². The molecule has 2 nitrogen and oxygen atoms in total. The van der Waals surface area contributed by atoms with Crippen molar-refractivity contribution >= 4 is 0 Å². The van der Waals surface area contributed by atoms with Gasteiger partial charge in [-0.3, -0.25) is 0 Å². The van der Waals surface area contributed by atoms with Crippen LogP contribution in [0.1, 0.15) is 93.4 Å². The molecule has 1 saturated carbocycles. The Hall–Kier alpha value is -0.0800. The fourth-order valence-electron chi connectivity index (χ4n) is 6.27. The number of methoxy groups -OCH3 is 1. The standard InChI is InChI=1S/C24H48O2/c1-9-26-18-23(17-25-8,22-13-11-10-12-14-22)15-16-24(19(2)3,20(4)5)21(6)7/h19-22H,9-18H2,1-8H3. The minimum absolute atomic E-state index is 0.190. The van der Waals surface area contributed by atoms with Crippen LogP contribution in [0.2, 0.25) is 0 Å². The summed E-state index contributed by atoms with van der Waals surface area (Å²) >= 11 is 0. The molecule has 1 aliphatic rings. The Bertz CT molecular complexity index is 347. The van der Waals surface area contributed by atoms with Crippen molar-refractivity contribution in [3.8, 4) is 0 Å². The van der Waals surface area contributed by atoms with E-state index in [1.54, 1.807) is 0 Å². The molecule has 26 heavy (non-hydrogen) atoms. The predicted octanol–water partition coefficient (Wildman–Crippen LogP) is 6.97. The summed E-state index contributed by atoms with van der Waals surface area (Å²) in [6.07, 6.45) is 9.40. The first kappa shape index (κ1) is 24.0. The molecule has 0 spiro atoms. The Balaban J connectivity index is 3.11. The summed E-state index contributed by atoms with van der Waals surface area (Å²) in [5.41, 5.74) is 0.578. The van der Waals surface area contributed by atoms with E-state index in [1.165, 1.54) is 44.9 Å². The van der Waals surface area contributed by atoms with Gasteiger partial charge in [0, 0.05) is 19.1 Å². The summed E-state index contributed by atoms with van der Waals surface area (Å²) in [6, 6.07) is 0. The van der Waals surface area contributed by atoms with E-state index in [2.05, 4.69) is 48.5 Å². The van der Waals surface area contributed by atoms with Crippen molar-refractivity contribution in [1.82, 2.24) is 0 Å². The van der Waals surface area contributed by atoms with E-state index < -0.39 is 0 Å². The molecule has 0 N–H and O–H groups in total. The Morgan fingerprint density at radius 1 is 0.808 bits per heavy atom. The molecule has 1 aliphatic carbocycles. The highest BCUT2D eigenvalue weighted by atomic mass is 16.5. The maximum absolute atomic E-state index is 6.07. The van der Waals surface area contributed by atoms with Gasteiger partial charge in [0.2, 0.25) is 0 Å². The molecule has 0 bridgehead atoms. The van der Waals surface area contributed by atoms with Gasteiger partial charge < -0.3 is 9.47 Å². The smallest absolute Gasteiger partial charge is 0.0547 e. The van der Waals surface area contributed by atoms with Crippen LogP contribution in [0.4, 0.5) is 0 Å². The molecule has 0 aromatic heterocycles. The van der Waals surface area contributed by atoms with E-state index >= 15 is 0 Å². The lowest BCUT2D eigenvalue weighted by molar-refractivity contribution is -0.0744. The zero-order chi connectivity index (χ0) is 19.8. The van der Waals surface area contributed by atoms with Crippen molar-refractivity contribution < 1.29 is 9.47 Å². The lowest BCUT2D eigenvalue weighted by Crippen LogP contribution is -2.45. The summed E-state index contributed by atoms with van der Waals surface area (Å²) in [6.45, 7) is 19.2. The second-order valence-corrected chi connectivity index (χ2v) is 9.84. The minimum atomic E-state index is 0.190. The van der Waals surface area contributed by atoms with Crippen molar-refractivity contribution in [1.29, 1.82) is 0 Å². The predicted molar refractivity (Wildman–Crippen MR) is 114 cm³/mol. The number of hydrogen-bond acceptors (Lipinski definition) is 2. The normalized spacial score (nSPS) is 19.5. The van der Waals surface area contributed by atoms with Gasteiger partial charge in [-0.15, -0.1) is 0 Å². The highest BCUT2D eigenvalue weighted by Gasteiger charge is 2.45. The fraction of sp³-hybridized carbons (Fsp3) is 1.00. The van der Waals surface area contributed by atoms with Crippen LogP contribution in [0, 0.1) is 34.5 Å². The molecule has 1 unspecified atom stereocenters. The second kappa shape index (κ2) is 11.1. The average molecular weight is 369 g/mol. The van der Waals surface area contributed by atoms with Gasteiger partial charge >= 0.3 is 0 Å². The third-order valence-electron chi connectivity index (χ3n) is 7.78. The van der Waals surface area contributed by atoms with E-state index in [0.717, 1.165) is 25.7 Å². The lowest BCUT2D eigenvalue weighted by atomic mass is 9.57. The zero-order valence-electron chi connectivity index (χ0n) is 19.2. The largest absolute Gasteiger partial charge is 0.384 e. The van der Waals surface area contributed by atoms with Crippen LogP contribution >= 0.6 is 0 Å². The van der Waals surface area contributed by atoms with Crippen LogP contribution in [0.15, 0.2) is 0 Å². The van der Waals surface area contributed by atoms with Gasteiger partial charge in [0.05, 0.1) is 13.2 Å². The first-order chi connectivity index (χ1) is 12.3. The Morgan fingerprint density at radius 2 is 1.35 bits per heavy atom. The van der Waals surface area contributed by atoms with Crippen LogP contribution < -0.4 is 0 Å². The summed E-state index contributed by atoms with van der Waals surface area (Å²) in [5.74, 6) is 2.84. The van der Waals surface area contributed by atoms with Crippen LogP contribution in [-0.4, -0.2) is 26.9 Å². The van der Waals surface area contributed by atoms with E-state index in [9.17, 15) is 0 Å². The molecule has 0 radical (unpaired) electrons. The van der Waals surface area contributed by atoms with Gasteiger partial charge in [-0.05, 0) is 61.7 Å². The summed E-state index contributed by atoms with van der Waals surface area (Å²) in [5, 5.41) is 0. The number of rotatable bonds is 12. The Kier molecular flexibility index (Phi) is 10.2. The fourth-order valence-corrected chi connectivity index (χ4v) is 6.27. The monoisotopic (exact) mass is 368 g/mol. The lowest BCUT2D eigenvalue weighted by Gasteiger charge is -2.49. The molecular formula is C24H48O2. The molecular weight excluding hydrogens is 320 g/mol. The topological polar surface area (TPSA) is 18.5 Å².